The van der Waals surface area contributed by atoms with Crippen molar-refractivity contribution in [3.8, 4) is 0 Å². The van der Waals surface area contributed by atoms with Crippen molar-refractivity contribution in [3.63, 3.8) is 0 Å². The summed E-state index contributed by atoms with van der Waals surface area (Å²) in [6.45, 7) is 3.51. The van der Waals surface area contributed by atoms with Crippen molar-refractivity contribution in [2.75, 3.05) is 69.2 Å². The van der Waals surface area contributed by atoms with Gasteiger partial charge in [0.25, 0.3) is 0 Å². The molecular formula is C23H27F3N4O4S. The fraction of sp³-hybridized carbons (Fsp3) is 0.435. The van der Waals surface area contributed by atoms with E-state index < -0.39 is 26.7 Å². The molecule has 2 aromatic carbocycles. The van der Waals surface area contributed by atoms with E-state index in [1.165, 1.54) is 6.07 Å². The number of amides is 1. The highest BCUT2D eigenvalue weighted by atomic mass is 32.2. The number of carbonyl (C=O) groups excluding carboxylic acids is 1. The number of nitrogens with one attached hydrogen (secondary N) is 1. The van der Waals surface area contributed by atoms with Gasteiger partial charge in [0.1, 0.15) is 0 Å². The summed E-state index contributed by atoms with van der Waals surface area (Å²) in [4.78, 5) is 15.7. The highest BCUT2D eigenvalue weighted by Crippen LogP contribution is 2.35. The van der Waals surface area contributed by atoms with Gasteiger partial charge in [0, 0.05) is 50.6 Å². The van der Waals surface area contributed by atoms with Crippen molar-refractivity contribution >= 4 is 27.3 Å². The van der Waals surface area contributed by atoms with E-state index in [-0.39, 0.29) is 38.6 Å². The van der Waals surface area contributed by atoms with Gasteiger partial charge in [-0.05, 0) is 36.4 Å². The first-order valence-electron chi connectivity index (χ1n) is 11.3. The molecule has 0 aliphatic carbocycles. The van der Waals surface area contributed by atoms with Crippen molar-refractivity contribution in [2.45, 2.75) is 11.1 Å². The molecule has 4 rings (SSSR count). The van der Waals surface area contributed by atoms with Crippen LogP contribution in [-0.4, -0.2) is 82.6 Å². The number of ether oxygens (including phenoxy) is 1. The fourth-order valence-electron chi connectivity index (χ4n) is 4.17. The summed E-state index contributed by atoms with van der Waals surface area (Å²) in [5.74, 6) is -0.247. The van der Waals surface area contributed by atoms with E-state index >= 15 is 0 Å². The molecule has 0 unspecified atom stereocenters. The van der Waals surface area contributed by atoms with Gasteiger partial charge < -0.3 is 15.0 Å². The third-order valence-corrected chi connectivity index (χ3v) is 7.99. The number of hydrogen-bond acceptors (Lipinski definition) is 6. The Hall–Kier alpha value is -2.67. The Morgan fingerprint density at radius 2 is 1.54 bits per heavy atom. The van der Waals surface area contributed by atoms with Crippen LogP contribution in [-0.2, 0) is 25.7 Å². The van der Waals surface area contributed by atoms with Crippen molar-refractivity contribution in [3.05, 3.63) is 54.1 Å². The highest BCUT2D eigenvalue weighted by molar-refractivity contribution is 7.89. The lowest BCUT2D eigenvalue weighted by Crippen LogP contribution is -2.50. The summed E-state index contributed by atoms with van der Waals surface area (Å²) in [7, 11) is -4.32. The molecule has 190 valence electrons. The van der Waals surface area contributed by atoms with Gasteiger partial charge in [-0.25, -0.2) is 8.42 Å². The van der Waals surface area contributed by atoms with Gasteiger partial charge in [0.15, 0.2) is 0 Å². The molecule has 0 bridgehead atoms. The van der Waals surface area contributed by atoms with E-state index in [9.17, 15) is 26.4 Å². The molecule has 1 N–H and O–H groups in total. The zero-order valence-corrected chi connectivity index (χ0v) is 19.8. The van der Waals surface area contributed by atoms with Crippen molar-refractivity contribution in [2.24, 2.45) is 0 Å². The third kappa shape index (κ3) is 6.13. The first-order chi connectivity index (χ1) is 16.6. The van der Waals surface area contributed by atoms with Gasteiger partial charge in [0.05, 0.1) is 30.2 Å². The van der Waals surface area contributed by atoms with Crippen LogP contribution in [0.4, 0.5) is 24.5 Å². The largest absolute Gasteiger partial charge is 0.417 e. The predicted molar refractivity (Wildman–Crippen MR) is 125 cm³/mol. The average Bonchev–Trinajstić information content (AvgIpc) is 2.85. The molecule has 12 heteroatoms. The van der Waals surface area contributed by atoms with Crippen LogP contribution in [0.25, 0.3) is 0 Å². The monoisotopic (exact) mass is 512 g/mol. The van der Waals surface area contributed by atoms with E-state index in [1.54, 1.807) is 4.90 Å². The van der Waals surface area contributed by atoms with Crippen LogP contribution in [0, 0.1) is 0 Å². The molecular weight excluding hydrogens is 485 g/mol. The second kappa shape index (κ2) is 10.5. The molecule has 0 atom stereocenters. The molecule has 2 fully saturated rings. The van der Waals surface area contributed by atoms with E-state index in [4.69, 9.17) is 4.74 Å². The normalized spacial score (nSPS) is 18.4. The maximum absolute atomic E-state index is 13.3. The number of carbonyl (C=O) groups is 1. The minimum Gasteiger partial charge on any atom is -0.378 e. The fourth-order valence-corrected chi connectivity index (χ4v) is 5.81. The first kappa shape index (κ1) is 25.4. The molecule has 0 radical (unpaired) electrons. The maximum atomic E-state index is 13.3. The van der Waals surface area contributed by atoms with E-state index in [2.05, 4.69) is 10.2 Å². The number of halogens is 3. The van der Waals surface area contributed by atoms with Gasteiger partial charge in [0.2, 0.25) is 15.9 Å². The zero-order valence-electron chi connectivity index (χ0n) is 19.0. The third-order valence-electron chi connectivity index (χ3n) is 6.04. The quantitative estimate of drug-likeness (QED) is 0.641. The van der Waals surface area contributed by atoms with Crippen LogP contribution < -0.4 is 10.2 Å². The van der Waals surface area contributed by atoms with Crippen molar-refractivity contribution in [1.29, 1.82) is 0 Å². The highest BCUT2D eigenvalue weighted by Gasteiger charge is 2.39. The number of sulfonamides is 1. The Bertz CT molecular complexity index is 1130. The Labute approximate surface area is 202 Å². The zero-order chi connectivity index (χ0) is 25.1. The molecule has 8 nitrogen and oxygen atoms in total. The minimum absolute atomic E-state index is 0.00392. The molecule has 2 saturated heterocycles. The summed E-state index contributed by atoms with van der Waals surface area (Å²) in [6.07, 6.45) is -4.77. The van der Waals surface area contributed by atoms with E-state index in [0.29, 0.717) is 18.9 Å². The predicted octanol–water partition coefficient (Wildman–Crippen LogP) is 2.49. The lowest BCUT2D eigenvalue weighted by Gasteiger charge is -2.34. The van der Waals surface area contributed by atoms with Crippen molar-refractivity contribution in [1.82, 2.24) is 9.21 Å². The van der Waals surface area contributed by atoms with Crippen LogP contribution >= 0.6 is 0 Å². The number of rotatable bonds is 6. The molecule has 2 aliphatic rings. The molecule has 0 saturated carbocycles. The summed E-state index contributed by atoms with van der Waals surface area (Å²) in [5.41, 5.74) is 0.522. The molecule has 35 heavy (non-hydrogen) atoms. The summed E-state index contributed by atoms with van der Waals surface area (Å²) < 4.78 is 72.1. The van der Waals surface area contributed by atoms with Gasteiger partial charge >= 0.3 is 6.18 Å². The summed E-state index contributed by atoms with van der Waals surface area (Å²) in [6, 6.07) is 11.7. The number of hydrogen-bond donors (Lipinski definition) is 1. The SMILES string of the molecule is O=C(CN1CCN(S(=O)(=O)c2ccccc2C(F)(F)F)CC1)Nc1ccc(N2CCOCC2)cc1. The van der Waals surface area contributed by atoms with Crippen LogP contribution in [0.5, 0.6) is 0 Å². The number of piperazine rings is 1. The molecule has 2 aromatic rings. The van der Waals surface area contributed by atoms with Crippen molar-refractivity contribution < 1.29 is 31.1 Å². The summed E-state index contributed by atoms with van der Waals surface area (Å²) >= 11 is 0. The van der Waals surface area contributed by atoms with Crippen LogP contribution in [0.2, 0.25) is 0 Å². The Balaban J connectivity index is 1.30. The molecule has 2 heterocycles. The Morgan fingerprint density at radius 1 is 0.914 bits per heavy atom. The second-order valence-electron chi connectivity index (χ2n) is 8.37. The topological polar surface area (TPSA) is 82.2 Å². The van der Waals surface area contributed by atoms with Gasteiger partial charge in [-0.3, -0.25) is 9.69 Å². The lowest BCUT2D eigenvalue weighted by atomic mass is 10.2. The number of benzene rings is 2. The second-order valence-corrected chi connectivity index (χ2v) is 10.3. The average molecular weight is 513 g/mol. The van der Waals surface area contributed by atoms with E-state index in [0.717, 1.165) is 41.3 Å². The maximum Gasteiger partial charge on any atom is 0.417 e. The van der Waals surface area contributed by atoms with Gasteiger partial charge in [-0.15, -0.1) is 0 Å². The molecule has 0 spiro atoms. The summed E-state index contributed by atoms with van der Waals surface area (Å²) in [5, 5.41) is 2.83. The number of anilines is 2. The van der Waals surface area contributed by atoms with Crippen LogP contribution in [0.1, 0.15) is 5.56 Å². The first-order valence-corrected chi connectivity index (χ1v) is 12.7. The Morgan fingerprint density at radius 3 is 2.17 bits per heavy atom. The Kier molecular flexibility index (Phi) is 7.64. The minimum atomic E-state index is -4.77. The van der Waals surface area contributed by atoms with E-state index in [1.807, 2.05) is 24.3 Å². The van der Waals surface area contributed by atoms with Crippen LogP contribution in [0.15, 0.2) is 53.4 Å². The lowest BCUT2D eigenvalue weighted by molar-refractivity contribution is -0.140. The number of morpholine rings is 1. The van der Waals surface area contributed by atoms with Gasteiger partial charge in [-0.1, -0.05) is 12.1 Å². The van der Waals surface area contributed by atoms with Crippen LogP contribution in [0.3, 0.4) is 0 Å². The van der Waals surface area contributed by atoms with Gasteiger partial charge in [-0.2, -0.15) is 17.5 Å². The number of nitrogens with zero attached hydrogens (tertiary/aromatic N) is 3. The molecule has 1 amide bonds. The standard InChI is InChI=1S/C23H27F3N4O4S/c24-23(25,26)20-3-1-2-4-21(20)35(32,33)30-11-9-28(10-12-30)17-22(31)27-18-5-7-19(8-6-18)29-13-15-34-16-14-29/h1-8H,9-17H2,(H,27,31). The molecule has 2 aliphatic heterocycles. The number of alkyl halides is 3. The smallest absolute Gasteiger partial charge is 0.378 e. The molecule has 0 aromatic heterocycles.